The molecule has 0 atom stereocenters. The zero-order valence-electron chi connectivity index (χ0n) is 19.9. The molecule has 0 saturated heterocycles. The van der Waals surface area contributed by atoms with Gasteiger partial charge in [0, 0.05) is 5.56 Å². The third kappa shape index (κ3) is 7.13. The minimum atomic E-state index is -0.570. The van der Waals surface area contributed by atoms with Gasteiger partial charge in [-0.05, 0) is 59.6 Å². The molecule has 0 aliphatic carbocycles. The third-order valence-corrected chi connectivity index (χ3v) is 5.91. The number of aliphatic hydroxyl groups is 1. The number of aryl methyl sites for hydroxylation is 2. The van der Waals surface area contributed by atoms with E-state index in [1.807, 2.05) is 36.4 Å². The van der Waals surface area contributed by atoms with Crippen molar-refractivity contribution in [2.75, 3.05) is 13.2 Å². The van der Waals surface area contributed by atoms with Gasteiger partial charge in [0.15, 0.2) is 0 Å². The predicted molar refractivity (Wildman–Crippen MR) is 136 cm³/mol. The maximum atomic E-state index is 15.0. The van der Waals surface area contributed by atoms with Crippen LogP contribution in [0, 0.1) is 5.82 Å². The summed E-state index contributed by atoms with van der Waals surface area (Å²) >= 11 is 0. The van der Waals surface area contributed by atoms with E-state index in [0.717, 1.165) is 35.1 Å². The molecule has 34 heavy (non-hydrogen) atoms. The lowest BCUT2D eigenvalue weighted by Gasteiger charge is -2.09. The highest BCUT2D eigenvalue weighted by atomic mass is 19.1. The topological polar surface area (TPSA) is 46.5 Å². The van der Waals surface area contributed by atoms with E-state index in [9.17, 15) is 9.18 Å². The summed E-state index contributed by atoms with van der Waals surface area (Å²) in [5.74, 6) is -0.812. The molecule has 0 saturated carbocycles. The number of carbonyl (C=O) groups is 1. The van der Waals surface area contributed by atoms with Gasteiger partial charge in [-0.2, -0.15) is 0 Å². The van der Waals surface area contributed by atoms with Crippen LogP contribution in [0.1, 0.15) is 43.7 Å². The number of esters is 1. The van der Waals surface area contributed by atoms with Crippen LogP contribution in [0.4, 0.5) is 4.39 Å². The van der Waals surface area contributed by atoms with Crippen molar-refractivity contribution >= 4 is 5.97 Å². The van der Waals surface area contributed by atoms with Gasteiger partial charge in [-0.25, -0.2) is 9.18 Å². The van der Waals surface area contributed by atoms with Crippen LogP contribution in [0.15, 0.2) is 78.9 Å². The lowest BCUT2D eigenvalue weighted by molar-refractivity contribution is -0.139. The van der Waals surface area contributed by atoms with Crippen LogP contribution in [-0.2, 0) is 22.4 Å². The van der Waals surface area contributed by atoms with E-state index in [0.29, 0.717) is 12.0 Å². The zero-order chi connectivity index (χ0) is 24.3. The smallest absolute Gasteiger partial charge is 0.335 e. The fourth-order valence-electron chi connectivity index (χ4n) is 3.83. The average molecular weight is 461 g/mol. The molecule has 0 amide bonds. The van der Waals surface area contributed by atoms with E-state index >= 15 is 0 Å². The fraction of sp³-hybridized carbons (Fsp3) is 0.300. The minimum absolute atomic E-state index is 0.0526. The second-order valence-electron chi connectivity index (χ2n) is 8.55. The summed E-state index contributed by atoms with van der Waals surface area (Å²) in [6.07, 6.45) is 6.13. The van der Waals surface area contributed by atoms with Gasteiger partial charge < -0.3 is 9.84 Å². The molecule has 3 rings (SSSR count). The molecule has 0 bridgehead atoms. The lowest BCUT2D eigenvalue weighted by atomic mass is 9.97. The number of carbonyl (C=O) groups excluding carboxylic acids is 1. The molecule has 0 radical (unpaired) electrons. The van der Waals surface area contributed by atoms with E-state index in [4.69, 9.17) is 9.84 Å². The Morgan fingerprint density at radius 1 is 0.853 bits per heavy atom. The maximum Gasteiger partial charge on any atom is 0.335 e. The monoisotopic (exact) mass is 460 g/mol. The summed E-state index contributed by atoms with van der Waals surface area (Å²) in [4.78, 5) is 11.5. The molecule has 3 aromatic rings. The first-order valence-corrected chi connectivity index (χ1v) is 12.0. The quantitative estimate of drug-likeness (QED) is 0.181. The van der Waals surface area contributed by atoms with E-state index in [2.05, 4.69) is 37.8 Å². The van der Waals surface area contributed by atoms with E-state index in [1.54, 1.807) is 6.07 Å². The van der Waals surface area contributed by atoms with E-state index in [1.165, 1.54) is 24.8 Å². The van der Waals surface area contributed by atoms with Crippen LogP contribution in [0.25, 0.3) is 22.3 Å². The van der Waals surface area contributed by atoms with Gasteiger partial charge in [0.25, 0.3) is 0 Å². The van der Waals surface area contributed by atoms with Gasteiger partial charge in [-0.1, -0.05) is 87.0 Å². The van der Waals surface area contributed by atoms with E-state index < -0.39 is 12.6 Å². The van der Waals surface area contributed by atoms with Crippen molar-refractivity contribution in [3.05, 3.63) is 95.8 Å². The Hall–Kier alpha value is -3.24. The molecule has 0 aromatic heterocycles. The molecule has 4 heteroatoms. The minimum Gasteiger partial charge on any atom is -0.462 e. The molecule has 178 valence electrons. The van der Waals surface area contributed by atoms with Crippen molar-refractivity contribution in [1.82, 2.24) is 0 Å². The third-order valence-electron chi connectivity index (χ3n) is 5.91. The number of aliphatic hydroxyl groups excluding tert-OH is 1. The molecular weight excluding hydrogens is 427 g/mol. The summed E-state index contributed by atoms with van der Waals surface area (Å²) in [7, 11) is 0. The Morgan fingerprint density at radius 3 is 2.03 bits per heavy atom. The Morgan fingerprint density at radius 2 is 1.44 bits per heavy atom. The molecule has 0 spiro atoms. The standard InChI is InChI=1S/C30H33FO3/c1-3-4-5-7-23-9-13-25(14-10-23)27-17-18-28(29(31)20-27)26-15-11-24(12-16-26)8-6-19-34-30(33)22(2)21-32/h9-18,20,32H,2-8,19,21H2,1H3. The number of halogens is 1. The maximum absolute atomic E-state index is 15.0. The molecule has 1 N–H and O–H groups in total. The number of hydrogen-bond donors (Lipinski definition) is 1. The zero-order valence-corrected chi connectivity index (χ0v) is 19.9. The average Bonchev–Trinajstić information content (AvgIpc) is 2.87. The van der Waals surface area contributed by atoms with Crippen molar-refractivity contribution < 1.29 is 19.0 Å². The van der Waals surface area contributed by atoms with Gasteiger partial charge in [0.1, 0.15) is 5.82 Å². The van der Waals surface area contributed by atoms with Crippen molar-refractivity contribution in [3.63, 3.8) is 0 Å². The Kier molecular flexibility index (Phi) is 9.60. The first-order chi connectivity index (χ1) is 16.5. The molecule has 0 unspecified atom stereocenters. The first-order valence-electron chi connectivity index (χ1n) is 12.0. The van der Waals surface area contributed by atoms with Crippen LogP contribution in [-0.4, -0.2) is 24.3 Å². The number of benzene rings is 3. The number of unbranched alkanes of at least 4 members (excludes halogenated alkanes) is 2. The highest BCUT2D eigenvalue weighted by molar-refractivity contribution is 5.87. The summed E-state index contributed by atoms with van der Waals surface area (Å²) in [6.45, 7) is 5.50. The number of ether oxygens (including phenoxy) is 1. The summed E-state index contributed by atoms with van der Waals surface area (Å²) in [6, 6.07) is 21.6. The summed E-state index contributed by atoms with van der Waals surface area (Å²) in [5, 5.41) is 8.87. The van der Waals surface area contributed by atoms with Crippen LogP contribution in [0.2, 0.25) is 0 Å². The Labute approximate surface area is 201 Å². The predicted octanol–water partition coefficient (Wildman–Crippen LogP) is 6.92. The molecule has 3 nitrogen and oxygen atoms in total. The van der Waals surface area contributed by atoms with Gasteiger partial charge >= 0.3 is 5.97 Å². The van der Waals surface area contributed by atoms with Crippen molar-refractivity contribution in [1.29, 1.82) is 0 Å². The first kappa shape index (κ1) is 25.4. The Bertz CT molecular complexity index is 1090. The van der Waals surface area contributed by atoms with E-state index in [-0.39, 0.29) is 18.0 Å². The highest BCUT2D eigenvalue weighted by Gasteiger charge is 2.09. The Balaban J connectivity index is 1.58. The molecule has 0 fully saturated rings. The van der Waals surface area contributed by atoms with Crippen molar-refractivity contribution in [3.8, 4) is 22.3 Å². The van der Waals surface area contributed by atoms with Gasteiger partial charge in [0.2, 0.25) is 0 Å². The molecule has 0 aliphatic heterocycles. The molecule has 0 aliphatic rings. The highest BCUT2D eigenvalue weighted by Crippen LogP contribution is 2.29. The number of rotatable bonds is 12. The molecule has 3 aromatic carbocycles. The van der Waals surface area contributed by atoms with Gasteiger partial charge in [-0.3, -0.25) is 0 Å². The molecular formula is C30H33FO3. The second kappa shape index (κ2) is 12.9. The lowest BCUT2D eigenvalue weighted by Crippen LogP contribution is -2.11. The van der Waals surface area contributed by atoms with Crippen LogP contribution in [0.5, 0.6) is 0 Å². The van der Waals surface area contributed by atoms with Crippen LogP contribution < -0.4 is 0 Å². The largest absolute Gasteiger partial charge is 0.462 e. The van der Waals surface area contributed by atoms with Crippen molar-refractivity contribution in [2.45, 2.75) is 45.4 Å². The van der Waals surface area contributed by atoms with Gasteiger partial charge in [0.05, 0.1) is 18.8 Å². The van der Waals surface area contributed by atoms with Crippen LogP contribution >= 0.6 is 0 Å². The molecule has 0 heterocycles. The number of hydrogen-bond acceptors (Lipinski definition) is 3. The van der Waals surface area contributed by atoms with Crippen LogP contribution in [0.3, 0.4) is 0 Å². The normalized spacial score (nSPS) is 10.8. The van der Waals surface area contributed by atoms with Gasteiger partial charge in [-0.15, -0.1) is 0 Å². The SMILES string of the molecule is C=C(CO)C(=O)OCCCc1ccc(-c2ccc(-c3ccc(CCCCC)cc3)cc2F)cc1. The fourth-order valence-corrected chi connectivity index (χ4v) is 3.83. The summed E-state index contributed by atoms with van der Waals surface area (Å²) < 4.78 is 20.0. The van der Waals surface area contributed by atoms with Crippen molar-refractivity contribution in [2.24, 2.45) is 0 Å². The summed E-state index contributed by atoms with van der Waals surface area (Å²) in [5.41, 5.74) is 5.74. The second-order valence-corrected chi connectivity index (χ2v) is 8.55.